The highest BCUT2D eigenvalue weighted by molar-refractivity contribution is 6.12. The highest BCUT2D eigenvalue weighted by Crippen LogP contribution is 1.95. The van der Waals surface area contributed by atoms with E-state index in [-0.39, 0.29) is 0 Å². The van der Waals surface area contributed by atoms with E-state index in [1.807, 2.05) is 0 Å². The molecule has 0 aromatic rings. The van der Waals surface area contributed by atoms with E-state index in [0.29, 0.717) is 0 Å². The summed E-state index contributed by atoms with van der Waals surface area (Å²) in [6.07, 6.45) is 3.52. The Hall–Kier alpha value is 0.210. The first kappa shape index (κ1) is 8.21. The second-order valence-electron chi connectivity index (χ2n) is 1.83. The van der Waals surface area contributed by atoms with Crippen LogP contribution in [-0.2, 0) is 0 Å². The molecule has 0 aromatic carbocycles. The van der Waals surface area contributed by atoms with E-state index in [9.17, 15) is 0 Å². The topological polar surface area (TPSA) is 29.3 Å². The van der Waals surface area contributed by atoms with Crippen molar-refractivity contribution in [3.63, 3.8) is 0 Å². The van der Waals surface area contributed by atoms with Crippen molar-refractivity contribution in [2.75, 3.05) is 6.54 Å². The van der Waals surface area contributed by atoms with Gasteiger partial charge in [0, 0.05) is 6.54 Å². The fourth-order valence-electron chi connectivity index (χ4n) is 0.513. The summed E-state index contributed by atoms with van der Waals surface area (Å²) in [7, 11) is 0. The molecule has 0 saturated carbocycles. The maximum Gasteiger partial charge on any atom is 0.0293 e. The molecule has 0 amide bonds. The SMILES string of the molecule is CCCCCN(N)Cl. The molecule has 0 radical (unpaired) electrons. The van der Waals surface area contributed by atoms with Crippen LogP contribution in [0, 0.1) is 0 Å². The summed E-state index contributed by atoms with van der Waals surface area (Å²) in [5, 5.41) is 0. The monoisotopic (exact) mass is 136 g/mol. The van der Waals surface area contributed by atoms with Gasteiger partial charge in [0.2, 0.25) is 0 Å². The molecule has 0 aliphatic heterocycles. The third-order valence-electron chi connectivity index (χ3n) is 0.975. The van der Waals surface area contributed by atoms with Gasteiger partial charge in [0.1, 0.15) is 0 Å². The predicted molar refractivity (Wildman–Crippen MR) is 36.3 cm³/mol. The van der Waals surface area contributed by atoms with Gasteiger partial charge in [0.15, 0.2) is 0 Å². The Morgan fingerprint density at radius 1 is 1.50 bits per heavy atom. The Kier molecular flexibility index (Phi) is 5.49. The van der Waals surface area contributed by atoms with E-state index >= 15 is 0 Å². The van der Waals surface area contributed by atoms with Crippen LogP contribution in [0.3, 0.4) is 0 Å². The smallest absolute Gasteiger partial charge is 0.0293 e. The quantitative estimate of drug-likeness (QED) is 0.275. The summed E-state index contributed by atoms with van der Waals surface area (Å²) >= 11 is 5.32. The number of hydrogen-bond donors (Lipinski definition) is 1. The van der Waals surface area contributed by atoms with Crippen molar-refractivity contribution >= 4 is 11.8 Å². The minimum absolute atomic E-state index is 0.787. The van der Waals surface area contributed by atoms with Crippen molar-refractivity contribution in [1.82, 2.24) is 4.53 Å². The summed E-state index contributed by atoms with van der Waals surface area (Å²) in [6.45, 7) is 2.94. The van der Waals surface area contributed by atoms with E-state index in [4.69, 9.17) is 17.6 Å². The molecule has 50 valence electrons. The number of halogens is 1. The van der Waals surface area contributed by atoms with E-state index in [2.05, 4.69) is 6.92 Å². The summed E-state index contributed by atoms with van der Waals surface area (Å²) in [4.78, 5) is 0. The van der Waals surface area contributed by atoms with Crippen molar-refractivity contribution in [3.05, 3.63) is 0 Å². The number of hydrazine groups is 1. The molecule has 0 aromatic heterocycles. The van der Waals surface area contributed by atoms with Gasteiger partial charge in [-0.2, -0.15) is 4.53 Å². The zero-order valence-electron chi connectivity index (χ0n) is 5.23. The molecule has 8 heavy (non-hydrogen) atoms. The highest BCUT2D eigenvalue weighted by atomic mass is 35.5. The van der Waals surface area contributed by atoms with Crippen LogP contribution in [0.25, 0.3) is 0 Å². The average Bonchev–Trinajstić information content (AvgIpc) is 1.66. The lowest BCUT2D eigenvalue weighted by Crippen LogP contribution is -2.20. The Balaban J connectivity index is 2.72. The highest BCUT2D eigenvalue weighted by Gasteiger charge is 1.89. The Labute approximate surface area is 55.7 Å². The minimum atomic E-state index is 0.787. The second-order valence-corrected chi connectivity index (χ2v) is 2.26. The molecule has 0 atom stereocenters. The molecule has 0 aliphatic rings. The molecule has 0 unspecified atom stereocenters. The zero-order chi connectivity index (χ0) is 6.41. The normalized spacial score (nSPS) is 10.5. The molecule has 3 heteroatoms. The molecular weight excluding hydrogens is 124 g/mol. The molecule has 2 nitrogen and oxygen atoms in total. The van der Waals surface area contributed by atoms with Gasteiger partial charge in [-0.05, 0) is 18.2 Å². The maximum absolute atomic E-state index is 5.32. The first-order chi connectivity index (χ1) is 3.77. The fraction of sp³-hybridized carbons (Fsp3) is 1.00. The van der Waals surface area contributed by atoms with Gasteiger partial charge in [-0.3, -0.25) is 5.84 Å². The number of hydrogen-bond acceptors (Lipinski definition) is 2. The van der Waals surface area contributed by atoms with Crippen LogP contribution in [0.4, 0.5) is 0 Å². The van der Waals surface area contributed by atoms with Gasteiger partial charge in [-0.25, -0.2) is 0 Å². The molecule has 2 N–H and O–H groups in total. The van der Waals surface area contributed by atoms with Gasteiger partial charge in [0.25, 0.3) is 0 Å². The van der Waals surface area contributed by atoms with E-state index < -0.39 is 0 Å². The van der Waals surface area contributed by atoms with Gasteiger partial charge in [0.05, 0.1) is 0 Å². The summed E-state index contributed by atoms with van der Waals surface area (Å²) < 4.78 is 1.20. The minimum Gasteiger partial charge on any atom is -0.254 e. The molecule has 0 spiro atoms. The van der Waals surface area contributed by atoms with Crippen LogP contribution >= 0.6 is 11.8 Å². The van der Waals surface area contributed by atoms with Crippen LogP contribution in [-0.4, -0.2) is 11.1 Å². The zero-order valence-corrected chi connectivity index (χ0v) is 5.99. The molecule has 0 aliphatic carbocycles. The number of rotatable bonds is 4. The fourth-order valence-corrected chi connectivity index (χ4v) is 0.632. The summed E-state index contributed by atoms with van der Waals surface area (Å²) in [5.41, 5.74) is 0. The van der Waals surface area contributed by atoms with Crippen molar-refractivity contribution < 1.29 is 0 Å². The molecule has 0 rings (SSSR count). The van der Waals surface area contributed by atoms with Crippen molar-refractivity contribution in [1.29, 1.82) is 0 Å². The molecule has 0 heterocycles. The lowest BCUT2D eigenvalue weighted by atomic mass is 10.3. The first-order valence-electron chi connectivity index (χ1n) is 2.95. The van der Waals surface area contributed by atoms with Crippen molar-refractivity contribution in [2.45, 2.75) is 26.2 Å². The first-order valence-corrected chi connectivity index (χ1v) is 3.29. The van der Waals surface area contributed by atoms with Crippen molar-refractivity contribution in [2.24, 2.45) is 5.84 Å². The molecular formula is C5H13ClN2. The van der Waals surface area contributed by atoms with Gasteiger partial charge in [-0.1, -0.05) is 19.8 Å². The van der Waals surface area contributed by atoms with Crippen LogP contribution in [0.5, 0.6) is 0 Å². The van der Waals surface area contributed by atoms with Crippen LogP contribution < -0.4 is 5.84 Å². The third-order valence-corrected chi connectivity index (χ3v) is 1.14. The lowest BCUT2D eigenvalue weighted by Gasteiger charge is -2.03. The van der Waals surface area contributed by atoms with E-state index in [1.165, 1.54) is 17.4 Å². The Bertz CT molecular complexity index is 47.7. The van der Waals surface area contributed by atoms with E-state index in [0.717, 1.165) is 13.0 Å². The second kappa shape index (κ2) is 5.35. The molecule has 0 fully saturated rings. The van der Waals surface area contributed by atoms with Gasteiger partial charge in [-0.15, -0.1) is 0 Å². The predicted octanol–water partition coefficient (Wildman–Crippen LogP) is 1.51. The molecule has 0 bridgehead atoms. The van der Waals surface area contributed by atoms with Gasteiger partial charge >= 0.3 is 0 Å². The Morgan fingerprint density at radius 2 is 2.12 bits per heavy atom. The lowest BCUT2D eigenvalue weighted by molar-refractivity contribution is 0.456. The van der Waals surface area contributed by atoms with Crippen LogP contribution in [0.1, 0.15) is 26.2 Å². The maximum atomic E-state index is 5.32. The number of nitrogens with two attached hydrogens (primary N) is 1. The Morgan fingerprint density at radius 3 is 2.50 bits per heavy atom. The van der Waals surface area contributed by atoms with Gasteiger partial charge < -0.3 is 0 Å². The summed E-state index contributed by atoms with van der Waals surface area (Å²) in [6, 6.07) is 0. The van der Waals surface area contributed by atoms with Crippen LogP contribution in [0.2, 0.25) is 0 Å². The molecule has 0 saturated heterocycles. The third kappa shape index (κ3) is 6.21. The average molecular weight is 137 g/mol. The number of nitrogens with zero attached hydrogens (tertiary/aromatic N) is 1. The van der Waals surface area contributed by atoms with Crippen molar-refractivity contribution in [3.8, 4) is 0 Å². The summed E-state index contributed by atoms with van der Waals surface area (Å²) in [5.74, 6) is 5.13. The van der Waals surface area contributed by atoms with E-state index in [1.54, 1.807) is 0 Å². The van der Waals surface area contributed by atoms with Crippen LogP contribution in [0.15, 0.2) is 0 Å². The standard InChI is InChI=1S/C5H13ClN2/c1-2-3-4-5-8(6)7/h2-5,7H2,1H3. The number of unbranched alkanes of at least 4 members (excludes halogenated alkanes) is 2. The largest absolute Gasteiger partial charge is 0.254 e.